The summed E-state index contributed by atoms with van der Waals surface area (Å²) >= 11 is 12.6. The number of methoxy groups -OCH3 is 1. The van der Waals surface area contributed by atoms with E-state index in [9.17, 15) is 19.2 Å². The lowest BCUT2D eigenvalue weighted by molar-refractivity contribution is 0.0820. The van der Waals surface area contributed by atoms with Crippen molar-refractivity contribution in [2.24, 2.45) is 0 Å². The first-order valence-electron chi connectivity index (χ1n) is 35.6. The van der Waals surface area contributed by atoms with Crippen molar-refractivity contribution in [2.45, 2.75) is 63.9 Å². The van der Waals surface area contributed by atoms with Crippen molar-refractivity contribution in [1.82, 2.24) is 49.3 Å². The normalized spacial score (nSPS) is 16.5. The van der Waals surface area contributed by atoms with Crippen LogP contribution >= 0.6 is 52.6 Å². The Kier molecular flexibility index (Phi) is 31.6. The smallest absolute Gasteiger partial charge is 0.255 e. The molecule has 23 nitrogen and oxygen atoms in total. The SMILES string of the molecule is CN1CCC(O)C1.CN1CCC(Oc2ccc(Br)cc2C#N)C1.COc1cc(C(=O)N(C)C)cnc1-c1cc2nccc(-c3ccc(OC4CCN(C)C4)c(C#N)c3)c2o1.Cc1cc(C(=O)N(C)C)cnc1-c1cc2nccc(Cl)c2o1.Cc1ccc(OC2CCN(C)C2)c(C#N)c1.N#Cc1cc(Br)ccc1F.[2H][B]P. The summed E-state index contributed by atoms with van der Waals surface area (Å²) in [6, 6.07) is 40.0. The fraction of sp³-hybridized carbons (Fsp3) is 0.333. The van der Waals surface area contributed by atoms with Gasteiger partial charge in [-0.3, -0.25) is 24.5 Å². The number of aryl methyl sites for hydroxylation is 2. The van der Waals surface area contributed by atoms with Gasteiger partial charge in [-0.15, -0.1) is 0 Å². The first-order chi connectivity index (χ1) is 53.2. The third-order valence-corrected chi connectivity index (χ3v) is 19.1. The highest BCUT2D eigenvalue weighted by atomic mass is 79.9. The fourth-order valence-electron chi connectivity index (χ4n) is 12.1. The van der Waals surface area contributed by atoms with E-state index in [-0.39, 0.29) is 41.8 Å². The second kappa shape index (κ2) is 41.2. The number of likely N-dealkylation sites (tertiary alicyclic amines) is 4. The zero-order valence-electron chi connectivity index (χ0n) is 64.1. The number of aliphatic hydroxyl groups is 1. The first-order valence-corrected chi connectivity index (χ1v) is 37.6. The molecule has 29 heteroatoms. The van der Waals surface area contributed by atoms with Crippen LogP contribution in [-0.4, -0.2) is 215 Å². The summed E-state index contributed by atoms with van der Waals surface area (Å²) in [5, 5.41) is 45.5. The van der Waals surface area contributed by atoms with Gasteiger partial charge in [-0.25, -0.2) is 9.37 Å². The summed E-state index contributed by atoms with van der Waals surface area (Å²) in [4.78, 5) is 53.6. The van der Waals surface area contributed by atoms with Gasteiger partial charge in [-0.1, -0.05) is 55.6 Å². The minimum atomic E-state index is -0.481. The minimum absolute atomic E-state index is 0.0509. The highest BCUT2D eigenvalue weighted by Gasteiger charge is 2.27. The number of amides is 2. The van der Waals surface area contributed by atoms with Gasteiger partial charge in [0.05, 0.1) is 51.6 Å². The van der Waals surface area contributed by atoms with Crippen molar-refractivity contribution in [1.29, 1.82) is 22.4 Å². The van der Waals surface area contributed by atoms with Gasteiger partial charge < -0.3 is 62.3 Å². The number of carbonyl (C=O) groups excluding carboxylic acids is 2. The predicted octanol–water partition coefficient (Wildman–Crippen LogP) is 13.9. The molecule has 1 N–H and O–H groups in total. The van der Waals surface area contributed by atoms with Crippen LogP contribution < -0.4 is 18.9 Å². The molecule has 5 atom stereocenters. The summed E-state index contributed by atoms with van der Waals surface area (Å²) < 4.78 is 55.5. The monoisotopic (exact) mass is 1650 g/mol. The van der Waals surface area contributed by atoms with E-state index in [1.165, 1.54) is 42.8 Å². The molecule has 10 heterocycles. The zero-order valence-corrected chi connectivity index (χ0v) is 68.2. The number of rotatable bonds is 12. The molecule has 0 spiro atoms. The Balaban J connectivity index is 0.000000179. The number of hydrogen-bond donors (Lipinski definition) is 1. The lowest BCUT2D eigenvalue weighted by Crippen LogP contribution is -2.21. The second-order valence-corrected chi connectivity index (χ2v) is 29.1. The molecule has 4 fully saturated rings. The Hall–Kier alpha value is -9.87. The van der Waals surface area contributed by atoms with Crippen LogP contribution in [0, 0.1) is 65.0 Å². The number of hydrogen-bond acceptors (Lipinski definition) is 21. The molecule has 1 radical (unpaired) electrons. The Bertz CT molecular complexity index is 4970. The molecule has 10 aromatic rings. The van der Waals surface area contributed by atoms with Gasteiger partial charge in [0.1, 0.15) is 101 Å². The highest BCUT2D eigenvalue weighted by molar-refractivity contribution is 9.10. The molecule has 5 unspecified atom stereocenters. The number of aromatic nitrogens is 4. The number of carbonyl (C=O) groups is 2. The summed E-state index contributed by atoms with van der Waals surface area (Å²) in [6.45, 7) is 11.6. The molecule has 4 aliphatic rings. The second-order valence-electron chi connectivity index (χ2n) is 26.9. The topological polar surface area (TPSA) is 284 Å². The number of likely N-dealkylation sites (N-methyl/N-ethyl adjacent to an activating group) is 4. The molecular weight excluding hydrogens is 1570 g/mol. The molecule has 4 saturated heterocycles. The van der Waals surface area contributed by atoms with Gasteiger partial charge in [0.15, 0.2) is 22.7 Å². The molecule has 6 aromatic heterocycles. The third-order valence-electron chi connectivity index (χ3n) is 17.8. The van der Waals surface area contributed by atoms with E-state index in [0.29, 0.717) is 105 Å². The first kappa shape index (κ1) is 84.2. The predicted molar refractivity (Wildman–Crippen MR) is 435 cm³/mol. The Morgan fingerprint density at radius 1 is 0.591 bits per heavy atom. The van der Waals surface area contributed by atoms with E-state index >= 15 is 0 Å². The molecule has 2 amide bonds. The third kappa shape index (κ3) is 23.6. The number of pyridine rings is 4. The maximum Gasteiger partial charge on any atom is 0.255 e. The zero-order chi connectivity index (χ0) is 80.6. The average molecular weight is 1660 g/mol. The van der Waals surface area contributed by atoms with Crippen LogP contribution in [0.15, 0.2) is 152 Å². The van der Waals surface area contributed by atoms with E-state index in [4.69, 9.17) is 61.6 Å². The van der Waals surface area contributed by atoms with E-state index in [2.05, 4.69) is 120 Å². The standard InChI is InChI=1S/C28H27N5O4.C16H14ClN3O2.C13H16N2O.C12H13BrN2O.C7H3BrFN.C5H11NO.BH3P/c1-32(2)28(34)19-12-24(35-4)26(31-15-19)25-13-22-27(37-25)21(7-9-30-22)17-5-6-23(18(11-17)14-29)36-20-8-10-33(3)16-20;1-9-6-10(16(21)20(2)3)8-19-14(9)13-7-12-15(22-13)11(17)4-5-18-12;1-10-3-4-13(11(7-10)8-14)16-12-5-6-15(2)9-12;1-15-5-4-11(8-15)16-12-3-2-10(13)6-9(12)7-14;8-6-1-2-7(9)5(3-6)4-10;1-6-3-2-5(7)4-6;1-2/h5-7,9,11-13,15,20H,8,10,16H2,1-4H3;4-8H,1-3H3;3-4,7,12H,5-6,9H2,1-2H3;2-3,6,11H,4-5,8H2,1H3;1-3H;5,7H,2-4H2,1H3;1H,2H2/i;;;;;;1D. The number of aliphatic hydroxyl groups excluding tert-OH is 1. The van der Waals surface area contributed by atoms with Crippen molar-refractivity contribution in [2.75, 3.05) is 116 Å². The van der Waals surface area contributed by atoms with Gasteiger partial charge in [0.25, 0.3) is 11.8 Å². The van der Waals surface area contributed by atoms with E-state index in [0.717, 1.165) is 105 Å². The molecule has 110 heavy (non-hydrogen) atoms. The maximum absolute atomic E-state index is 12.5. The lowest BCUT2D eigenvalue weighted by atomic mass is 10.0. The van der Waals surface area contributed by atoms with Gasteiger partial charge in [0, 0.05) is 132 Å². The van der Waals surface area contributed by atoms with Crippen molar-refractivity contribution >= 4 is 94.1 Å². The van der Waals surface area contributed by atoms with Crippen LogP contribution in [0.2, 0.25) is 5.02 Å². The molecule has 0 aliphatic carbocycles. The largest absolute Gasteiger partial charge is 0.494 e. The molecule has 0 saturated carbocycles. The minimum Gasteiger partial charge on any atom is -0.494 e. The van der Waals surface area contributed by atoms with Crippen LogP contribution in [0.25, 0.3) is 56.2 Å². The number of β-amino-alcohol motifs (C(OH)–C–C–N with tert-alkyl or cyclic N) is 1. The summed E-state index contributed by atoms with van der Waals surface area (Å²) in [5.74, 6) is 2.70. The summed E-state index contributed by atoms with van der Waals surface area (Å²) in [6.07, 6.45) is 10.8. The van der Waals surface area contributed by atoms with Crippen LogP contribution in [0.1, 0.15) is 79.8 Å². The Morgan fingerprint density at radius 2 is 1.04 bits per heavy atom. The van der Waals surface area contributed by atoms with Crippen molar-refractivity contribution < 1.29 is 46.9 Å². The number of ether oxygens (including phenoxy) is 4. The molecule has 571 valence electrons. The highest BCUT2D eigenvalue weighted by Crippen LogP contribution is 2.39. The van der Waals surface area contributed by atoms with Crippen molar-refractivity contribution in [3.05, 3.63) is 198 Å². The quantitative estimate of drug-likeness (QED) is 0.0878. The maximum atomic E-state index is 12.5. The molecule has 0 bridgehead atoms. The van der Waals surface area contributed by atoms with Gasteiger partial charge in [0.2, 0.25) is 0 Å². The molecular formula is C81H87BBr2ClFN14O9P. The lowest BCUT2D eigenvalue weighted by Gasteiger charge is -2.15. The van der Waals surface area contributed by atoms with Crippen LogP contribution in [0.4, 0.5) is 4.39 Å². The van der Waals surface area contributed by atoms with Crippen LogP contribution in [0.3, 0.4) is 0 Å². The van der Waals surface area contributed by atoms with E-state index < -0.39 is 5.82 Å². The van der Waals surface area contributed by atoms with E-state index in [1.807, 2.05) is 75.5 Å². The fourth-order valence-corrected chi connectivity index (χ4v) is 13.0. The Labute approximate surface area is 667 Å². The number of nitrogens with zero attached hydrogens (tertiary/aromatic N) is 14. The molecule has 4 aliphatic heterocycles. The van der Waals surface area contributed by atoms with Gasteiger partial charge in [-0.2, -0.15) is 30.2 Å². The Morgan fingerprint density at radius 3 is 1.50 bits per heavy atom. The molecule has 14 rings (SSSR count). The van der Waals surface area contributed by atoms with Crippen molar-refractivity contribution in [3.8, 4) is 81.3 Å². The number of benzene rings is 4. The number of halogens is 4. The number of nitriles is 4. The van der Waals surface area contributed by atoms with Crippen LogP contribution in [-0.2, 0) is 0 Å². The molecule has 4 aromatic carbocycles. The van der Waals surface area contributed by atoms with Gasteiger partial charge >= 0.3 is 0 Å². The van der Waals surface area contributed by atoms with Crippen molar-refractivity contribution in [3.63, 3.8) is 0 Å². The number of furan rings is 2. The van der Waals surface area contributed by atoms with Crippen LogP contribution in [0.5, 0.6) is 23.0 Å². The average Bonchev–Trinajstić information content (AvgIpc) is 1.66. The summed E-state index contributed by atoms with van der Waals surface area (Å²) in [5.41, 5.74) is 9.79. The van der Waals surface area contributed by atoms with Gasteiger partial charge in [-0.05, 0) is 171 Å². The van der Waals surface area contributed by atoms with E-state index in [1.54, 1.807) is 95.3 Å². The number of fused-ring (bicyclic) bond motifs is 2. The summed E-state index contributed by atoms with van der Waals surface area (Å²) in [7, 11) is 19.8.